The zero-order valence-corrected chi connectivity index (χ0v) is 42.1. The number of rotatable bonds is 6. The van der Waals surface area contributed by atoms with Crippen LogP contribution in [0.3, 0.4) is 0 Å². The van der Waals surface area contributed by atoms with Gasteiger partial charge in [0.25, 0.3) is 0 Å². The van der Waals surface area contributed by atoms with Gasteiger partial charge >= 0.3 is 0 Å². The van der Waals surface area contributed by atoms with Gasteiger partial charge in [-0.3, -0.25) is 0 Å². The summed E-state index contributed by atoms with van der Waals surface area (Å²) in [5.74, 6) is 0. The van der Waals surface area contributed by atoms with Crippen molar-refractivity contribution in [1.82, 2.24) is 0 Å². The molecule has 0 amide bonds. The van der Waals surface area contributed by atoms with Crippen LogP contribution in [0.1, 0.15) is 72.2 Å². The first kappa shape index (κ1) is 42.9. The average molecular weight is 944 g/mol. The van der Waals surface area contributed by atoms with E-state index in [4.69, 9.17) is 0 Å². The predicted octanol–water partition coefficient (Wildman–Crippen LogP) is 19.1. The Hall–Kier alpha value is -8.78. The van der Waals surface area contributed by atoms with Crippen molar-refractivity contribution in [1.29, 1.82) is 0 Å². The lowest BCUT2D eigenvalue weighted by Gasteiger charge is -2.32. The molecule has 0 aliphatic heterocycles. The fourth-order valence-electron chi connectivity index (χ4n) is 14.1. The molecule has 4 aliphatic carbocycles. The Kier molecular flexibility index (Phi) is 9.04. The first-order chi connectivity index (χ1) is 36.2. The van der Waals surface area contributed by atoms with Gasteiger partial charge < -0.3 is 4.90 Å². The fourth-order valence-corrected chi connectivity index (χ4v) is 14.1. The molecule has 1 unspecified atom stereocenters. The van der Waals surface area contributed by atoms with E-state index in [0.717, 1.165) is 17.1 Å². The molecule has 0 N–H and O–H groups in total. The van der Waals surface area contributed by atoms with Gasteiger partial charge in [-0.05, 0) is 159 Å². The minimum absolute atomic E-state index is 0.169. The van der Waals surface area contributed by atoms with Crippen LogP contribution in [0.25, 0.3) is 77.9 Å². The van der Waals surface area contributed by atoms with Crippen LogP contribution in [0.4, 0.5) is 17.1 Å². The zero-order valence-electron chi connectivity index (χ0n) is 42.1. The Morgan fingerprint density at radius 3 is 1.24 bits per heavy atom. The summed E-state index contributed by atoms with van der Waals surface area (Å²) < 4.78 is 0. The molecular weight excluding hydrogens is 891 g/mol. The van der Waals surface area contributed by atoms with E-state index in [1.807, 2.05) is 0 Å². The predicted molar refractivity (Wildman–Crippen MR) is 309 cm³/mol. The Morgan fingerprint density at radius 2 is 0.635 bits per heavy atom. The van der Waals surface area contributed by atoms with Gasteiger partial charge in [0.15, 0.2) is 0 Å². The van der Waals surface area contributed by atoms with Gasteiger partial charge in [0.1, 0.15) is 0 Å². The molecule has 0 aromatic heterocycles. The van der Waals surface area contributed by atoms with Crippen LogP contribution in [0.5, 0.6) is 0 Å². The molecule has 0 saturated carbocycles. The first-order valence-electron chi connectivity index (χ1n) is 26.2. The summed E-state index contributed by atoms with van der Waals surface area (Å²) in [6.45, 7) is 9.60. The molecule has 1 nitrogen and oxygen atoms in total. The van der Waals surface area contributed by atoms with Crippen molar-refractivity contribution in [2.24, 2.45) is 0 Å². The highest BCUT2D eigenvalue weighted by atomic mass is 15.1. The molecule has 0 fully saturated rings. The second-order valence-electron chi connectivity index (χ2n) is 21.9. The molecule has 0 radical (unpaired) electrons. The second kappa shape index (κ2) is 15.6. The summed E-state index contributed by atoms with van der Waals surface area (Å²) >= 11 is 0. The molecule has 350 valence electrons. The Morgan fingerprint density at radius 1 is 0.243 bits per heavy atom. The Bertz CT molecular complexity index is 4140. The summed E-state index contributed by atoms with van der Waals surface area (Å²) in [6.07, 6.45) is 0. The minimum atomic E-state index is -0.505. The number of hydrogen-bond donors (Lipinski definition) is 0. The maximum Gasteiger partial charge on any atom is 0.0725 e. The van der Waals surface area contributed by atoms with E-state index in [2.05, 4.69) is 281 Å². The summed E-state index contributed by atoms with van der Waals surface area (Å²) in [5, 5.41) is 0. The number of fused-ring (bicyclic) bond motifs is 16. The van der Waals surface area contributed by atoms with Crippen molar-refractivity contribution in [3.8, 4) is 77.9 Å². The van der Waals surface area contributed by atoms with E-state index >= 15 is 0 Å². The van der Waals surface area contributed by atoms with E-state index in [1.165, 1.54) is 122 Å². The Balaban J connectivity index is 0.955. The molecule has 0 heterocycles. The van der Waals surface area contributed by atoms with Crippen LogP contribution in [-0.4, -0.2) is 0 Å². The molecule has 15 rings (SSSR count). The van der Waals surface area contributed by atoms with Gasteiger partial charge in [0, 0.05) is 27.8 Å². The fraction of sp³-hybridized carbons (Fsp3) is 0.0959. The highest BCUT2D eigenvalue weighted by Gasteiger charge is 2.52. The third-order valence-corrected chi connectivity index (χ3v) is 17.5. The van der Waals surface area contributed by atoms with Gasteiger partial charge in [-0.2, -0.15) is 0 Å². The normalized spacial score (nSPS) is 16.1. The van der Waals surface area contributed by atoms with Crippen LogP contribution >= 0.6 is 0 Å². The zero-order chi connectivity index (χ0) is 49.5. The standard InChI is InChI=1S/C73H53N/c1-71(2)61-29-15-11-24-52(61)55-40-36-50(44-66(55)71)74(51-37-41-56-54-38-34-48(46-20-7-5-8-21-46)42-65(54)72(3,4)67(56)45-51)69-33-18-14-26-58(69)59-28-19-32-64-70(59)60-27-13-17-31-63(60)73(64)62-30-16-12-25-53(62)57-39-35-49(43-68(57)73)47-22-9-6-10-23-47/h5-45H,1-4H3. The van der Waals surface area contributed by atoms with Crippen LogP contribution < -0.4 is 4.90 Å². The molecule has 1 spiro atoms. The summed E-state index contributed by atoms with van der Waals surface area (Å²) in [6, 6.07) is 94.1. The number of nitrogens with zero attached hydrogens (tertiary/aromatic N) is 1. The maximum absolute atomic E-state index is 2.56. The molecule has 11 aromatic carbocycles. The van der Waals surface area contributed by atoms with E-state index in [0.29, 0.717) is 0 Å². The van der Waals surface area contributed by atoms with Crippen LogP contribution in [0, 0.1) is 0 Å². The molecule has 4 aliphatic rings. The average Bonchev–Trinajstić information content (AvgIpc) is 4.24. The molecular formula is C73H53N. The number of anilines is 3. The molecule has 74 heavy (non-hydrogen) atoms. The van der Waals surface area contributed by atoms with E-state index in [9.17, 15) is 0 Å². The lowest BCUT2D eigenvalue weighted by Crippen LogP contribution is -2.25. The lowest BCUT2D eigenvalue weighted by atomic mass is 9.70. The maximum atomic E-state index is 2.56. The summed E-state index contributed by atoms with van der Waals surface area (Å²) in [5.41, 5.74) is 31.2. The van der Waals surface area contributed by atoms with Crippen molar-refractivity contribution in [3.05, 3.63) is 293 Å². The van der Waals surface area contributed by atoms with Gasteiger partial charge in [0.2, 0.25) is 0 Å². The monoisotopic (exact) mass is 943 g/mol. The third-order valence-electron chi connectivity index (χ3n) is 17.5. The SMILES string of the molecule is CC1(C)c2ccccc2-c2ccc(N(c3ccc4c(c3)C(C)(C)c3cc(-c5ccccc5)ccc3-4)c3ccccc3-c3cccc4c3-c3ccccc3C43c4ccccc4-c4ccc(-c5ccccc5)cc43)cc21. The van der Waals surface area contributed by atoms with Crippen LogP contribution in [-0.2, 0) is 16.2 Å². The van der Waals surface area contributed by atoms with Gasteiger partial charge in [-0.25, -0.2) is 0 Å². The molecule has 0 saturated heterocycles. The molecule has 11 aromatic rings. The third kappa shape index (κ3) is 5.81. The number of hydrogen-bond acceptors (Lipinski definition) is 1. The van der Waals surface area contributed by atoms with Gasteiger partial charge in [-0.1, -0.05) is 234 Å². The Labute approximate surface area is 434 Å². The molecule has 1 heteroatoms. The smallest absolute Gasteiger partial charge is 0.0725 e. The topological polar surface area (TPSA) is 3.24 Å². The summed E-state index contributed by atoms with van der Waals surface area (Å²) in [7, 11) is 0. The second-order valence-corrected chi connectivity index (χ2v) is 21.9. The largest absolute Gasteiger partial charge is 0.310 e. The van der Waals surface area contributed by atoms with Crippen LogP contribution in [0.15, 0.2) is 249 Å². The number of benzene rings is 11. The molecule has 1 atom stereocenters. The van der Waals surface area contributed by atoms with E-state index < -0.39 is 5.41 Å². The first-order valence-corrected chi connectivity index (χ1v) is 26.2. The van der Waals surface area contributed by atoms with Crippen molar-refractivity contribution < 1.29 is 0 Å². The van der Waals surface area contributed by atoms with Crippen molar-refractivity contribution in [3.63, 3.8) is 0 Å². The van der Waals surface area contributed by atoms with Gasteiger partial charge in [-0.15, -0.1) is 0 Å². The highest BCUT2D eigenvalue weighted by molar-refractivity contribution is 6.03. The van der Waals surface area contributed by atoms with Crippen LogP contribution in [0.2, 0.25) is 0 Å². The lowest BCUT2D eigenvalue weighted by molar-refractivity contribution is 0.660. The van der Waals surface area contributed by atoms with E-state index in [-0.39, 0.29) is 10.8 Å². The quantitative estimate of drug-likeness (QED) is 0.161. The number of para-hydroxylation sites is 1. The van der Waals surface area contributed by atoms with Crippen molar-refractivity contribution in [2.75, 3.05) is 4.90 Å². The van der Waals surface area contributed by atoms with Gasteiger partial charge in [0.05, 0.1) is 11.1 Å². The van der Waals surface area contributed by atoms with E-state index in [1.54, 1.807) is 0 Å². The van der Waals surface area contributed by atoms with Crippen molar-refractivity contribution >= 4 is 17.1 Å². The highest BCUT2D eigenvalue weighted by Crippen LogP contribution is 2.65. The van der Waals surface area contributed by atoms with Crippen molar-refractivity contribution in [2.45, 2.75) is 43.9 Å². The summed E-state index contributed by atoms with van der Waals surface area (Å²) in [4.78, 5) is 2.56. The minimum Gasteiger partial charge on any atom is -0.310 e. The molecule has 0 bridgehead atoms.